The number of benzene rings is 1. The van der Waals surface area contributed by atoms with Gasteiger partial charge in [0.1, 0.15) is 5.92 Å². The van der Waals surface area contributed by atoms with Crippen LogP contribution in [0.2, 0.25) is 0 Å². The summed E-state index contributed by atoms with van der Waals surface area (Å²) in [5.74, 6) is -0.480. The van der Waals surface area contributed by atoms with Crippen molar-refractivity contribution >= 4 is 38.6 Å². The first-order valence-electron chi connectivity index (χ1n) is 7.80. The van der Waals surface area contributed by atoms with Crippen LogP contribution in [-0.4, -0.2) is 52.7 Å². The first kappa shape index (κ1) is 19.3. The number of esters is 1. The summed E-state index contributed by atoms with van der Waals surface area (Å²) in [5.41, 5.74) is 1.58. The molecule has 1 fully saturated rings. The number of aliphatic imine (C=N–C) groups is 1. The fourth-order valence-corrected chi connectivity index (χ4v) is 4.15. The van der Waals surface area contributed by atoms with Crippen molar-refractivity contribution in [1.29, 1.82) is 0 Å². The smallest absolute Gasteiger partial charge is 0.318 e. The lowest BCUT2D eigenvalue weighted by molar-refractivity contribution is -0.140. The Morgan fingerprint density at radius 1 is 1.42 bits per heavy atom. The molecule has 1 saturated heterocycles. The molecular weight excluding hydrogens is 392 g/mol. The summed E-state index contributed by atoms with van der Waals surface area (Å²) >= 11 is 3.50. The summed E-state index contributed by atoms with van der Waals surface area (Å²) in [6.07, 6.45) is 1.69. The predicted octanol–water partition coefficient (Wildman–Crippen LogP) is 2.78. The van der Waals surface area contributed by atoms with Crippen molar-refractivity contribution in [3.05, 3.63) is 34.3 Å². The van der Waals surface area contributed by atoms with Crippen LogP contribution in [0, 0.1) is 5.92 Å². The average Bonchev–Trinajstić information content (AvgIpc) is 2.47. The van der Waals surface area contributed by atoms with E-state index in [1.165, 1.54) is 7.11 Å². The summed E-state index contributed by atoms with van der Waals surface area (Å²) < 4.78 is 19.2. The third-order valence-electron chi connectivity index (χ3n) is 4.40. The normalized spacial score (nSPS) is 20.1. The zero-order chi connectivity index (χ0) is 17.9. The largest absolute Gasteiger partial charge is 0.468 e. The van der Waals surface area contributed by atoms with E-state index < -0.39 is 16.9 Å². The molecule has 2 rings (SSSR count). The van der Waals surface area contributed by atoms with Crippen molar-refractivity contribution in [1.82, 2.24) is 4.31 Å². The molecule has 132 valence electrons. The van der Waals surface area contributed by atoms with E-state index in [1.54, 1.807) is 6.26 Å². The quantitative estimate of drug-likeness (QED) is 0.530. The second-order valence-corrected chi connectivity index (χ2v) is 8.24. The van der Waals surface area contributed by atoms with E-state index in [4.69, 9.17) is 9.73 Å². The van der Waals surface area contributed by atoms with Crippen LogP contribution in [-0.2, 0) is 20.5 Å². The number of halogens is 1. The second-order valence-electron chi connectivity index (χ2n) is 6.02. The molecule has 1 aliphatic rings. The van der Waals surface area contributed by atoms with Gasteiger partial charge >= 0.3 is 5.97 Å². The Bertz CT molecular complexity index is 659. The first-order chi connectivity index (χ1) is 11.3. The highest BCUT2D eigenvalue weighted by atomic mass is 79.9. The van der Waals surface area contributed by atoms with Gasteiger partial charge in [-0.25, -0.2) is 8.51 Å². The summed E-state index contributed by atoms with van der Waals surface area (Å²) in [6, 6.07) is 7.68. The minimum Gasteiger partial charge on any atom is -0.468 e. The maximum atomic E-state index is 12.3. The van der Waals surface area contributed by atoms with Crippen molar-refractivity contribution in [3.8, 4) is 0 Å². The molecular formula is C17H23BrN2O3S. The number of carbonyl (C=O) groups is 1. The number of ether oxygens (including phenoxy) is 1. The monoisotopic (exact) mass is 414 g/mol. The lowest BCUT2D eigenvalue weighted by Gasteiger charge is -2.39. The van der Waals surface area contributed by atoms with Gasteiger partial charge in [0.25, 0.3) is 0 Å². The van der Waals surface area contributed by atoms with Crippen LogP contribution in [0.5, 0.6) is 0 Å². The molecule has 1 aromatic rings. The molecule has 0 amide bonds. The SMILES string of the molecule is COC(=O)C(C(C)=NC(C)C1CN(S(C)=O)C1)c1ccccc1Br. The van der Waals surface area contributed by atoms with Gasteiger partial charge in [0.05, 0.1) is 24.1 Å². The van der Waals surface area contributed by atoms with Crippen molar-refractivity contribution in [2.24, 2.45) is 10.9 Å². The molecule has 3 unspecified atom stereocenters. The number of rotatable bonds is 6. The Morgan fingerprint density at radius 3 is 2.58 bits per heavy atom. The highest BCUT2D eigenvalue weighted by Gasteiger charge is 2.34. The van der Waals surface area contributed by atoms with Crippen molar-refractivity contribution in [2.45, 2.75) is 25.8 Å². The van der Waals surface area contributed by atoms with Crippen LogP contribution in [0.3, 0.4) is 0 Å². The van der Waals surface area contributed by atoms with E-state index >= 15 is 0 Å². The lowest BCUT2D eigenvalue weighted by Crippen LogP contribution is -2.51. The maximum Gasteiger partial charge on any atom is 0.318 e. The van der Waals surface area contributed by atoms with Crippen LogP contribution in [0.1, 0.15) is 25.3 Å². The number of methoxy groups -OCH3 is 1. The van der Waals surface area contributed by atoms with Gasteiger partial charge < -0.3 is 4.74 Å². The van der Waals surface area contributed by atoms with Crippen LogP contribution in [0.25, 0.3) is 0 Å². The molecule has 1 heterocycles. The Labute approximate surface area is 154 Å². The molecule has 0 aliphatic carbocycles. The standard InChI is InChI=1S/C17H23BrN2O3S/c1-11(13-9-20(10-13)24(4)22)19-12(2)16(17(21)23-3)14-7-5-6-8-15(14)18/h5-8,11,13,16H,9-10H2,1-4H3. The molecule has 1 aliphatic heterocycles. The molecule has 0 radical (unpaired) electrons. The Hall–Kier alpha value is -1.05. The van der Waals surface area contributed by atoms with Crippen LogP contribution in [0.15, 0.2) is 33.7 Å². The zero-order valence-electron chi connectivity index (χ0n) is 14.4. The van der Waals surface area contributed by atoms with E-state index in [9.17, 15) is 9.00 Å². The molecule has 0 N–H and O–H groups in total. The van der Waals surface area contributed by atoms with Crippen LogP contribution >= 0.6 is 15.9 Å². The molecule has 0 spiro atoms. The molecule has 24 heavy (non-hydrogen) atoms. The minimum atomic E-state index is -0.919. The fourth-order valence-electron chi connectivity index (χ4n) is 2.84. The molecule has 3 atom stereocenters. The van der Waals surface area contributed by atoms with Crippen molar-refractivity contribution in [2.75, 3.05) is 26.5 Å². The van der Waals surface area contributed by atoms with Gasteiger partial charge in [-0.15, -0.1) is 0 Å². The maximum absolute atomic E-state index is 12.3. The van der Waals surface area contributed by atoms with Gasteiger partial charge in [-0.1, -0.05) is 34.1 Å². The number of nitrogens with zero attached hydrogens (tertiary/aromatic N) is 2. The number of hydrogen-bond acceptors (Lipinski definition) is 4. The van der Waals surface area contributed by atoms with E-state index in [0.29, 0.717) is 5.92 Å². The Kier molecular flexibility index (Phi) is 6.71. The summed E-state index contributed by atoms with van der Waals surface area (Å²) in [4.78, 5) is 17.1. The first-order valence-corrected chi connectivity index (χ1v) is 10.1. The molecule has 0 bridgehead atoms. The summed E-state index contributed by atoms with van der Waals surface area (Å²) in [6.45, 7) is 5.46. The lowest BCUT2D eigenvalue weighted by atomic mass is 9.92. The van der Waals surface area contributed by atoms with Crippen molar-refractivity contribution < 1.29 is 13.7 Å². The van der Waals surface area contributed by atoms with Crippen LogP contribution < -0.4 is 0 Å². The highest BCUT2D eigenvalue weighted by molar-refractivity contribution is 9.10. The summed E-state index contributed by atoms with van der Waals surface area (Å²) in [7, 11) is 0.473. The number of hydrogen-bond donors (Lipinski definition) is 0. The van der Waals surface area contributed by atoms with Crippen molar-refractivity contribution in [3.63, 3.8) is 0 Å². The minimum absolute atomic E-state index is 0.0689. The molecule has 5 nitrogen and oxygen atoms in total. The zero-order valence-corrected chi connectivity index (χ0v) is 16.8. The average molecular weight is 415 g/mol. The fraction of sp³-hybridized carbons (Fsp3) is 0.529. The van der Waals surface area contributed by atoms with E-state index in [1.807, 2.05) is 42.4 Å². The molecule has 7 heteroatoms. The van der Waals surface area contributed by atoms with Crippen LogP contribution in [0.4, 0.5) is 0 Å². The summed E-state index contributed by atoms with van der Waals surface area (Å²) in [5, 5.41) is 0. The highest BCUT2D eigenvalue weighted by Crippen LogP contribution is 2.29. The number of carbonyl (C=O) groups excluding carboxylic acids is 1. The van der Waals surface area contributed by atoms with E-state index in [0.717, 1.165) is 28.8 Å². The van der Waals surface area contributed by atoms with Gasteiger partial charge in [-0.3, -0.25) is 9.79 Å². The van der Waals surface area contributed by atoms with E-state index in [2.05, 4.69) is 15.9 Å². The predicted molar refractivity (Wildman–Crippen MR) is 101 cm³/mol. The third-order valence-corrected chi connectivity index (χ3v) is 6.15. The van der Waals surface area contributed by atoms with Gasteiger partial charge in [0, 0.05) is 35.4 Å². The second kappa shape index (κ2) is 8.36. The molecule has 1 aromatic carbocycles. The molecule has 0 saturated carbocycles. The topological polar surface area (TPSA) is 59.0 Å². The van der Waals surface area contributed by atoms with E-state index in [-0.39, 0.29) is 12.0 Å². The van der Waals surface area contributed by atoms with Gasteiger partial charge in [0.2, 0.25) is 0 Å². The van der Waals surface area contributed by atoms with Gasteiger partial charge in [0.15, 0.2) is 0 Å². The Morgan fingerprint density at radius 2 is 2.04 bits per heavy atom. The Balaban J connectivity index is 2.19. The van der Waals surface area contributed by atoms with Gasteiger partial charge in [-0.2, -0.15) is 0 Å². The molecule has 0 aromatic heterocycles. The third kappa shape index (κ3) is 4.32. The van der Waals surface area contributed by atoms with Gasteiger partial charge in [-0.05, 0) is 25.5 Å².